The first-order valence-corrected chi connectivity index (χ1v) is 7.71. The van der Waals surface area contributed by atoms with Crippen LogP contribution in [0.15, 0.2) is 29.2 Å². The van der Waals surface area contributed by atoms with E-state index < -0.39 is 10.0 Å². The maximum Gasteiger partial charge on any atom is 0.244 e. The fourth-order valence-electron chi connectivity index (χ4n) is 1.22. The van der Waals surface area contributed by atoms with Gasteiger partial charge in [0.25, 0.3) is 0 Å². The molecule has 16 heavy (non-hydrogen) atoms. The van der Waals surface area contributed by atoms with Gasteiger partial charge < -0.3 is 0 Å². The van der Waals surface area contributed by atoms with E-state index in [-0.39, 0.29) is 9.92 Å². The number of benzene rings is 1. The largest absolute Gasteiger partial charge is 0.244 e. The number of nitrogens with zero attached hydrogens (tertiary/aromatic N) is 1. The Morgan fingerprint density at radius 1 is 1.38 bits per heavy atom. The molecule has 0 aliphatic heterocycles. The second kappa shape index (κ2) is 6.00. The Kier molecular flexibility index (Phi) is 5.24. The van der Waals surface area contributed by atoms with E-state index in [0.717, 1.165) is 11.8 Å². The lowest BCUT2D eigenvalue weighted by molar-refractivity contribution is 0.470. The molecule has 0 fully saturated rings. The molecule has 0 atom stereocenters. The zero-order chi connectivity index (χ0) is 12.2. The van der Waals surface area contributed by atoms with Crippen molar-refractivity contribution in [1.82, 2.24) is 4.31 Å². The van der Waals surface area contributed by atoms with E-state index in [0.29, 0.717) is 6.54 Å². The van der Waals surface area contributed by atoms with E-state index in [1.54, 1.807) is 25.2 Å². The van der Waals surface area contributed by atoms with Crippen LogP contribution in [-0.4, -0.2) is 31.6 Å². The second-order valence-electron chi connectivity index (χ2n) is 3.30. The molecule has 0 saturated heterocycles. The third-order valence-electron chi connectivity index (χ3n) is 2.13. The van der Waals surface area contributed by atoms with Gasteiger partial charge in [-0.25, -0.2) is 12.7 Å². The van der Waals surface area contributed by atoms with Crippen molar-refractivity contribution in [2.24, 2.45) is 0 Å². The molecule has 0 bridgehead atoms. The van der Waals surface area contributed by atoms with E-state index in [1.807, 2.05) is 0 Å². The summed E-state index contributed by atoms with van der Waals surface area (Å²) in [6.45, 7) is 0.471. The molecule has 90 valence electrons. The molecule has 0 heterocycles. The van der Waals surface area contributed by atoms with Gasteiger partial charge in [0.1, 0.15) is 4.90 Å². The van der Waals surface area contributed by atoms with Crippen LogP contribution >= 0.6 is 27.5 Å². The molecule has 0 aliphatic carbocycles. The highest BCUT2D eigenvalue weighted by molar-refractivity contribution is 9.09. The molecule has 6 heteroatoms. The molecule has 0 spiro atoms. The van der Waals surface area contributed by atoms with E-state index in [4.69, 9.17) is 11.6 Å². The number of sulfonamides is 1. The van der Waals surface area contributed by atoms with Gasteiger partial charge >= 0.3 is 0 Å². The Bertz CT molecular complexity index is 450. The van der Waals surface area contributed by atoms with Crippen molar-refractivity contribution in [3.05, 3.63) is 29.3 Å². The SMILES string of the molecule is CN(CCCBr)S(=O)(=O)c1ccccc1Cl. The third kappa shape index (κ3) is 3.20. The van der Waals surface area contributed by atoms with Gasteiger partial charge in [-0.05, 0) is 18.6 Å². The molecular formula is C10H13BrClNO2S. The Morgan fingerprint density at radius 2 is 2.00 bits per heavy atom. The van der Waals surface area contributed by atoms with Crippen molar-refractivity contribution in [3.63, 3.8) is 0 Å². The van der Waals surface area contributed by atoms with Crippen LogP contribution in [0.3, 0.4) is 0 Å². The van der Waals surface area contributed by atoms with Gasteiger partial charge in [0, 0.05) is 18.9 Å². The minimum Gasteiger partial charge on any atom is -0.207 e. The molecule has 0 N–H and O–H groups in total. The summed E-state index contributed by atoms with van der Waals surface area (Å²) in [4.78, 5) is 0.161. The number of alkyl halides is 1. The lowest BCUT2D eigenvalue weighted by atomic mass is 10.4. The number of hydrogen-bond donors (Lipinski definition) is 0. The first-order valence-electron chi connectivity index (χ1n) is 4.77. The quantitative estimate of drug-likeness (QED) is 0.780. The summed E-state index contributed by atoms with van der Waals surface area (Å²) < 4.78 is 25.5. The summed E-state index contributed by atoms with van der Waals surface area (Å²) in [7, 11) is -1.90. The zero-order valence-electron chi connectivity index (χ0n) is 8.86. The van der Waals surface area contributed by atoms with Gasteiger partial charge in [0.05, 0.1) is 5.02 Å². The molecule has 1 aromatic carbocycles. The fraction of sp³-hybridized carbons (Fsp3) is 0.400. The highest BCUT2D eigenvalue weighted by Gasteiger charge is 2.22. The van der Waals surface area contributed by atoms with Crippen LogP contribution in [0.25, 0.3) is 0 Å². The summed E-state index contributed by atoms with van der Waals surface area (Å²) in [5.74, 6) is 0. The van der Waals surface area contributed by atoms with Crippen molar-refractivity contribution in [1.29, 1.82) is 0 Å². The van der Waals surface area contributed by atoms with Crippen LogP contribution in [0.2, 0.25) is 5.02 Å². The third-order valence-corrected chi connectivity index (χ3v) is 5.05. The topological polar surface area (TPSA) is 37.4 Å². The van der Waals surface area contributed by atoms with Gasteiger partial charge in [-0.3, -0.25) is 0 Å². The van der Waals surface area contributed by atoms with Crippen molar-refractivity contribution in [2.75, 3.05) is 18.9 Å². The van der Waals surface area contributed by atoms with Gasteiger partial charge in [-0.15, -0.1) is 0 Å². The highest BCUT2D eigenvalue weighted by Crippen LogP contribution is 2.23. The van der Waals surface area contributed by atoms with Crippen molar-refractivity contribution < 1.29 is 8.42 Å². The number of hydrogen-bond acceptors (Lipinski definition) is 2. The Hall–Kier alpha value is -0.100. The van der Waals surface area contributed by atoms with Crippen LogP contribution in [0.1, 0.15) is 6.42 Å². The molecule has 0 aromatic heterocycles. The summed E-state index contributed by atoms with van der Waals surface area (Å²) in [5.41, 5.74) is 0. The molecule has 0 saturated carbocycles. The van der Waals surface area contributed by atoms with E-state index in [9.17, 15) is 8.42 Å². The molecule has 0 amide bonds. The minimum atomic E-state index is -3.46. The van der Waals surface area contributed by atoms with Crippen LogP contribution in [0.5, 0.6) is 0 Å². The average Bonchev–Trinajstić information content (AvgIpc) is 2.26. The molecule has 1 rings (SSSR count). The van der Waals surface area contributed by atoms with Crippen molar-refractivity contribution >= 4 is 37.6 Å². The lowest BCUT2D eigenvalue weighted by Crippen LogP contribution is -2.28. The van der Waals surface area contributed by atoms with Gasteiger partial charge in [-0.2, -0.15) is 0 Å². The fourth-order valence-corrected chi connectivity index (χ4v) is 3.17. The molecular weight excluding hydrogens is 314 g/mol. The summed E-state index contributed by atoms with van der Waals surface area (Å²) >= 11 is 9.14. The van der Waals surface area contributed by atoms with Gasteiger partial charge in [-0.1, -0.05) is 39.7 Å². The van der Waals surface area contributed by atoms with E-state index in [1.165, 1.54) is 10.4 Å². The number of rotatable bonds is 5. The maximum atomic E-state index is 12.1. The first kappa shape index (κ1) is 14.0. The van der Waals surface area contributed by atoms with Crippen molar-refractivity contribution in [3.8, 4) is 0 Å². The molecule has 1 aromatic rings. The first-order chi connectivity index (χ1) is 7.50. The van der Waals surface area contributed by atoms with Crippen LogP contribution in [-0.2, 0) is 10.0 Å². The smallest absolute Gasteiger partial charge is 0.207 e. The standard InChI is InChI=1S/C10H13BrClNO2S/c1-13(8-4-7-11)16(14,15)10-6-3-2-5-9(10)12/h2-3,5-6H,4,7-8H2,1H3. The normalized spacial score (nSPS) is 12.0. The Balaban J connectivity index is 2.98. The summed E-state index contributed by atoms with van der Waals surface area (Å²) in [6.07, 6.45) is 0.764. The van der Waals surface area contributed by atoms with Crippen LogP contribution in [0.4, 0.5) is 0 Å². The minimum absolute atomic E-state index is 0.161. The Morgan fingerprint density at radius 3 is 2.56 bits per heavy atom. The molecule has 0 radical (unpaired) electrons. The molecule has 3 nitrogen and oxygen atoms in total. The molecule has 0 unspecified atom stereocenters. The highest BCUT2D eigenvalue weighted by atomic mass is 79.9. The summed E-state index contributed by atoms with van der Waals surface area (Å²) in [5, 5.41) is 1.03. The summed E-state index contributed by atoms with van der Waals surface area (Å²) in [6, 6.07) is 6.46. The predicted octanol–water partition coefficient (Wildman–Crippen LogP) is 2.75. The van der Waals surface area contributed by atoms with Gasteiger partial charge in [0.2, 0.25) is 10.0 Å². The van der Waals surface area contributed by atoms with E-state index >= 15 is 0 Å². The second-order valence-corrected chi connectivity index (χ2v) is 6.51. The monoisotopic (exact) mass is 325 g/mol. The predicted molar refractivity (Wildman–Crippen MR) is 69.7 cm³/mol. The number of halogens is 2. The lowest BCUT2D eigenvalue weighted by Gasteiger charge is -2.17. The maximum absolute atomic E-state index is 12.1. The average molecular weight is 327 g/mol. The molecule has 0 aliphatic rings. The van der Waals surface area contributed by atoms with Gasteiger partial charge in [0.15, 0.2) is 0 Å². The van der Waals surface area contributed by atoms with Crippen LogP contribution in [0, 0.1) is 0 Å². The Labute approximate surface area is 110 Å². The van der Waals surface area contributed by atoms with E-state index in [2.05, 4.69) is 15.9 Å². The van der Waals surface area contributed by atoms with Crippen LogP contribution < -0.4 is 0 Å². The zero-order valence-corrected chi connectivity index (χ0v) is 12.0. The van der Waals surface area contributed by atoms with Crippen molar-refractivity contribution in [2.45, 2.75) is 11.3 Å².